The molecule has 0 saturated heterocycles. The molecule has 0 saturated carbocycles. The van der Waals surface area contributed by atoms with Crippen molar-refractivity contribution in [1.82, 2.24) is 29.1 Å². The largest absolute Gasteiger partial charge is 0.455 e. The molecule has 0 aliphatic heterocycles. The van der Waals surface area contributed by atoms with E-state index in [1.165, 1.54) is 48.9 Å². The highest BCUT2D eigenvalue weighted by molar-refractivity contribution is 6.32. The summed E-state index contributed by atoms with van der Waals surface area (Å²) >= 11 is 12.1. The van der Waals surface area contributed by atoms with Gasteiger partial charge in [-0.15, -0.1) is 10.2 Å². The van der Waals surface area contributed by atoms with Crippen molar-refractivity contribution in [2.75, 3.05) is 0 Å². The zero-order valence-electron chi connectivity index (χ0n) is 20.7. The Labute approximate surface area is 233 Å². The molecule has 0 radical (unpaired) electrons. The summed E-state index contributed by atoms with van der Waals surface area (Å²) < 4.78 is 61.0. The number of hydrogen-bond donors (Lipinski definition) is 1. The van der Waals surface area contributed by atoms with Crippen LogP contribution in [-0.4, -0.2) is 52.5 Å². The standard InChI is InChI=1S/C24H20Cl2F4N6O4/c1-12(40-13(2)37)21-31-20(32-36(21)18-8-7-16(27)9-17(18)26)11-35-23(39)34(10-19(38)24(28,29)30)22(33-35)14-3-5-15(25)6-4-14/h3-9,12,19,38H,10-11H2,1-2H3/t12-,19-/m0/s1. The Morgan fingerprint density at radius 1 is 1.12 bits per heavy atom. The lowest BCUT2D eigenvalue weighted by Gasteiger charge is -2.15. The van der Waals surface area contributed by atoms with Crippen molar-refractivity contribution in [3.63, 3.8) is 0 Å². The highest BCUT2D eigenvalue weighted by Crippen LogP contribution is 2.27. The van der Waals surface area contributed by atoms with Gasteiger partial charge in [0, 0.05) is 17.5 Å². The third kappa shape index (κ3) is 6.35. The average Bonchev–Trinajstić information content (AvgIpc) is 3.40. The van der Waals surface area contributed by atoms with E-state index < -0.39 is 49.0 Å². The number of aromatic nitrogens is 6. The minimum absolute atomic E-state index is 0.0414. The molecule has 2 aromatic heterocycles. The number of aliphatic hydroxyl groups excluding tert-OH is 1. The van der Waals surface area contributed by atoms with Crippen LogP contribution in [0.1, 0.15) is 31.6 Å². The monoisotopic (exact) mass is 602 g/mol. The van der Waals surface area contributed by atoms with Crippen LogP contribution in [0.5, 0.6) is 0 Å². The van der Waals surface area contributed by atoms with Gasteiger partial charge in [-0.25, -0.2) is 23.5 Å². The molecule has 0 unspecified atom stereocenters. The Morgan fingerprint density at radius 2 is 1.80 bits per heavy atom. The second-order valence-corrected chi connectivity index (χ2v) is 9.43. The fourth-order valence-electron chi connectivity index (χ4n) is 3.76. The van der Waals surface area contributed by atoms with E-state index in [0.717, 1.165) is 16.8 Å². The van der Waals surface area contributed by atoms with Crippen LogP contribution in [0.25, 0.3) is 17.1 Å². The maximum Gasteiger partial charge on any atom is 0.416 e. The Morgan fingerprint density at radius 3 is 2.40 bits per heavy atom. The Balaban J connectivity index is 1.80. The van der Waals surface area contributed by atoms with E-state index in [1.54, 1.807) is 0 Å². The summed E-state index contributed by atoms with van der Waals surface area (Å²) in [5.74, 6) is -1.40. The van der Waals surface area contributed by atoms with Crippen LogP contribution >= 0.6 is 23.2 Å². The van der Waals surface area contributed by atoms with E-state index >= 15 is 0 Å². The molecule has 4 aromatic rings. The first-order chi connectivity index (χ1) is 18.7. The second kappa shape index (κ2) is 11.4. The van der Waals surface area contributed by atoms with Crippen molar-refractivity contribution < 1.29 is 32.2 Å². The summed E-state index contributed by atoms with van der Waals surface area (Å²) in [6.07, 6.45) is -8.79. The van der Waals surface area contributed by atoms with Crippen molar-refractivity contribution in [3.8, 4) is 17.1 Å². The summed E-state index contributed by atoms with van der Waals surface area (Å²) in [4.78, 5) is 29.1. The first-order valence-corrected chi connectivity index (χ1v) is 12.3. The van der Waals surface area contributed by atoms with Gasteiger partial charge in [0.1, 0.15) is 12.4 Å². The van der Waals surface area contributed by atoms with E-state index in [4.69, 9.17) is 27.9 Å². The van der Waals surface area contributed by atoms with E-state index in [1.807, 2.05) is 0 Å². The summed E-state index contributed by atoms with van der Waals surface area (Å²) in [7, 11) is 0. The molecule has 4 rings (SSSR count). The van der Waals surface area contributed by atoms with Gasteiger partial charge in [-0.1, -0.05) is 23.2 Å². The topological polar surface area (TPSA) is 117 Å². The number of aliphatic hydroxyl groups is 1. The Bertz CT molecular complexity index is 1600. The first kappa shape index (κ1) is 29.2. The number of benzene rings is 2. The molecule has 40 heavy (non-hydrogen) atoms. The van der Waals surface area contributed by atoms with Crippen LogP contribution < -0.4 is 5.69 Å². The van der Waals surface area contributed by atoms with Gasteiger partial charge in [0.2, 0.25) is 0 Å². The van der Waals surface area contributed by atoms with Crippen molar-refractivity contribution in [2.45, 2.75) is 45.3 Å². The van der Waals surface area contributed by atoms with Gasteiger partial charge in [0.05, 0.1) is 17.3 Å². The van der Waals surface area contributed by atoms with Crippen molar-refractivity contribution in [1.29, 1.82) is 0 Å². The fourth-order valence-corrected chi connectivity index (χ4v) is 4.14. The number of ether oxygens (including phenoxy) is 1. The Hall–Kier alpha value is -3.75. The Kier molecular flexibility index (Phi) is 8.33. The molecular formula is C24H20Cl2F4N6O4. The van der Waals surface area contributed by atoms with Gasteiger partial charge in [-0.05, 0) is 49.4 Å². The molecule has 2 atom stereocenters. The van der Waals surface area contributed by atoms with E-state index in [2.05, 4.69) is 15.2 Å². The molecule has 16 heteroatoms. The van der Waals surface area contributed by atoms with Crippen LogP contribution in [0, 0.1) is 5.82 Å². The quantitative estimate of drug-likeness (QED) is 0.235. The van der Waals surface area contributed by atoms with Crippen molar-refractivity contribution in [3.05, 3.63) is 80.5 Å². The lowest BCUT2D eigenvalue weighted by Crippen LogP contribution is -2.37. The molecule has 2 heterocycles. The lowest BCUT2D eigenvalue weighted by molar-refractivity contribution is -0.207. The minimum atomic E-state index is -4.99. The van der Waals surface area contributed by atoms with Gasteiger partial charge >= 0.3 is 17.8 Å². The van der Waals surface area contributed by atoms with E-state index in [9.17, 15) is 32.3 Å². The summed E-state index contributed by atoms with van der Waals surface area (Å²) in [5, 5.41) is 18.5. The van der Waals surface area contributed by atoms with Gasteiger partial charge in [-0.3, -0.25) is 9.36 Å². The van der Waals surface area contributed by atoms with Gasteiger partial charge < -0.3 is 9.84 Å². The molecule has 10 nitrogen and oxygen atoms in total. The predicted octanol–water partition coefficient (Wildman–Crippen LogP) is 4.33. The molecule has 2 aromatic carbocycles. The summed E-state index contributed by atoms with van der Waals surface area (Å²) in [6.45, 7) is 1.13. The van der Waals surface area contributed by atoms with Crippen LogP contribution in [0.3, 0.4) is 0 Å². The number of rotatable bonds is 8. The zero-order chi connectivity index (χ0) is 29.4. The number of hydrogen-bond acceptors (Lipinski definition) is 7. The molecule has 0 fully saturated rings. The highest BCUT2D eigenvalue weighted by atomic mass is 35.5. The lowest BCUT2D eigenvalue weighted by atomic mass is 10.2. The number of esters is 1. The smallest absolute Gasteiger partial charge is 0.416 e. The molecule has 0 aliphatic carbocycles. The number of halogens is 6. The number of carbonyl (C=O) groups is 1. The maximum atomic E-state index is 13.7. The molecule has 0 amide bonds. The van der Waals surface area contributed by atoms with Crippen LogP contribution in [0.2, 0.25) is 10.0 Å². The number of nitrogens with zero attached hydrogens (tertiary/aromatic N) is 6. The second-order valence-electron chi connectivity index (χ2n) is 8.58. The maximum absolute atomic E-state index is 13.7. The van der Waals surface area contributed by atoms with Crippen molar-refractivity contribution >= 4 is 29.2 Å². The number of carbonyl (C=O) groups excluding carboxylic acids is 1. The van der Waals surface area contributed by atoms with E-state index in [-0.39, 0.29) is 33.7 Å². The summed E-state index contributed by atoms with van der Waals surface area (Å²) in [6, 6.07) is 9.31. The zero-order valence-corrected chi connectivity index (χ0v) is 22.2. The molecule has 0 bridgehead atoms. The van der Waals surface area contributed by atoms with E-state index in [0.29, 0.717) is 9.59 Å². The van der Waals surface area contributed by atoms with Crippen LogP contribution in [0.4, 0.5) is 17.6 Å². The minimum Gasteiger partial charge on any atom is -0.455 e. The molecular weight excluding hydrogens is 583 g/mol. The predicted molar refractivity (Wildman–Crippen MR) is 135 cm³/mol. The number of alkyl halides is 3. The van der Waals surface area contributed by atoms with Crippen LogP contribution in [0.15, 0.2) is 47.3 Å². The third-order valence-corrected chi connectivity index (χ3v) is 6.12. The van der Waals surface area contributed by atoms with Crippen LogP contribution in [-0.2, 0) is 22.6 Å². The van der Waals surface area contributed by atoms with Gasteiger partial charge in [-0.2, -0.15) is 13.2 Å². The fraction of sp³-hybridized carbons (Fsp3) is 0.292. The third-order valence-electron chi connectivity index (χ3n) is 5.57. The molecule has 212 valence electrons. The normalized spacial score (nSPS) is 13.3. The highest BCUT2D eigenvalue weighted by Gasteiger charge is 2.39. The molecule has 0 spiro atoms. The SMILES string of the molecule is CC(=O)O[C@@H](C)c1nc(Cn2nc(-c3ccc(Cl)cc3)n(C[C@H](O)C(F)(F)F)c2=O)nn1-c1ccc(F)cc1Cl. The van der Waals surface area contributed by atoms with Crippen molar-refractivity contribution in [2.24, 2.45) is 0 Å². The molecule has 0 aliphatic rings. The first-order valence-electron chi connectivity index (χ1n) is 11.5. The average molecular weight is 603 g/mol. The van der Waals surface area contributed by atoms with Gasteiger partial charge in [0.25, 0.3) is 0 Å². The molecule has 1 N–H and O–H groups in total. The summed E-state index contributed by atoms with van der Waals surface area (Å²) in [5.41, 5.74) is -0.543. The van der Waals surface area contributed by atoms with Gasteiger partial charge in [0.15, 0.2) is 29.7 Å².